The molecule has 0 heterocycles. The van der Waals surface area contributed by atoms with E-state index in [9.17, 15) is 14.7 Å². The van der Waals surface area contributed by atoms with Gasteiger partial charge in [0.15, 0.2) is 0 Å². The molecule has 0 aliphatic heterocycles. The van der Waals surface area contributed by atoms with Crippen LogP contribution in [-0.4, -0.2) is 23.7 Å². The van der Waals surface area contributed by atoms with Gasteiger partial charge in [0.2, 0.25) is 0 Å². The zero-order chi connectivity index (χ0) is 38.6. The molecule has 0 aliphatic rings. The van der Waals surface area contributed by atoms with E-state index in [1.54, 1.807) is 0 Å². The van der Waals surface area contributed by atoms with Crippen molar-refractivity contribution in [1.82, 2.24) is 0 Å². The van der Waals surface area contributed by atoms with Gasteiger partial charge in [0.05, 0.1) is 17.9 Å². The number of aliphatic carboxylic acids is 1. The van der Waals surface area contributed by atoms with Crippen LogP contribution in [0.25, 0.3) is 0 Å². The number of ether oxygens (including phenoxy) is 1. The van der Waals surface area contributed by atoms with E-state index in [0.29, 0.717) is 67.3 Å². The van der Waals surface area contributed by atoms with Crippen LogP contribution in [0.4, 0.5) is 0 Å². The molecule has 0 fully saturated rings. The van der Waals surface area contributed by atoms with Crippen LogP contribution in [0.2, 0.25) is 0 Å². The van der Waals surface area contributed by atoms with Crippen LogP contribution in [-0.2, 0) is 14.3 Å². The van der Waals surface area contributed by atoms with Crippen molar-refractivity contribution in [3.63, 3.8) is 0 Å². The summed E-state index contributed by atoms with van der Waals surface area (Å²) in [5, 5.41) is 10.2. The maximum atomic E-state index is 14.7. The molecule has 8 unspecified atom stereocenters. The summed E-state index contributed by atoms with van der Waals surface area (Å²) < 4.78 is 6.50. The third-order valence-corrected chi connectivity index (χ3v) is 11.1. The van der Waals surface area contributed by atoms with Crippen LogP contribution in [0.1, 0.15) is 202 Å². The molecular weight excluding hydrogens is 604 g/mol. The molecule has 0 aliphatic carbocycles. The van der Waals surface area contributed by atoms with Crippen molar-refractivity contribution in [3.8, 4) is 0 Å². The molecule has 1 N–H and O–H groups in total. The molecule has 4 heteroatoms. The molecule has 292 valence electrons. The smallest absolute Gasteiger partial charge is 0.312 e. The van der Waals surface area contributed by atoms with E-state index in [2.05, 4.69) is 118 Å². The summed E-state index contributed by atoms with van der Waals surface area (Å²) in [6.45, 7) is 41.6. The summed E-state index contributed by atoms with van der Waals surface area (Å²) >= 11 is 0. The van der Waals surface area contributed by atoms with Crippen LogP contribution in [0.15, 0.2) is 0 Å². The van der Waals surface area contributed by atoms with Gasteiger partial charge in [-0.05, 0) is 121 Å². The first-order valence-electron chi connectivity index (χ1n) is 20.4. The molecule has 0 amide bonds. The van der Waals surface area contributed by atoms with Crippen molar-refractivity contribution in [2.45, 2.75) is 202 Å². The standard InChI is InChI=1S/C45H88O4/c1-19-36(39(46)47)29-45(20-2,30-37(34(5)27-43(13,14)15)23-21-32(3)25-41(7,8)9)40(48)49-31-38(35(6)28-44(16,17)18)24-22-33(4)26-42(10,11)12/h32-38H,19-31H2,1-18H3,(H,46,47). The second kappa shape index (κ2) is 20.3. The first-order valence-corrected chi connectivity index (χ1v) is 20.4. The Morgan fingerprint density at radius 3 is 1.29 bits per heavy atom. The second-order valence-electron chi connectivity index (χ2n) is 22.0. The largest absolute Gasteiger partial charge is 0.481 e. The third-order valence-electron chi connectivity index (χ3n) is 11.1. The Kier molecular flexibility index (Phi) is 19.8. The second-order valence-corrected chi connectivity index (χ2v) is 22.0. The number of carbonyl (C=O) groups is 2. The van der Waals surface area contributed by atoms with Gasteiger partial charge in [0, 0.05) is 0 Å². The zero-order valence-electron chi connectivity index (χ0n) is 36.4. The maximum absolute atomic E-state index is 14.7. The minimum atomic E-state index is -0.805. The van der Waals surface area contributed by atoms with Crippen molar-refractivity contribution in [2.24, 2.45) is 68.5 Å². The van der Waals surface area contributed by atoms with Gasteiger partial charge in [-0.1, -0.05) is 137 Å². The molecule has 0 saturated heterocycles. The van der Waals surface area contributed by atoms with Crippen LogP contribution in [0, 0.1) is 68.5 Å². The monoisotopic (exact) mass is 693 g/mol. The van der Waals surface area contributed by atoms with Crippen molar-refractivity contribution < 1.29 is 19.4 Å². The fraction of sp³-hybridized carbons (Fsp3) is 0.956. The Morgan fingerprint density at radius 1 is 0.551 bits per heavy atom. The average molecular weight is 693 g/mol. The van der Waals surface area contributed by atoms with Gasteiger partial charge in [-0.25, -0.2) is 0 Å². The van der Waals surface area contributed by atoms with Crippen LogP contribution in [0.3, 0.4) is 0 Å². The van der Waals surface area contributed by atoms with E-state index >= 15 is 0 Å². The lowest BCUT2D eigenvalue weighted by Gasteiger charge is -2.40. The minimum absolute atomic E-state index is 0.152. The first-order chi connectivity index (χ1) is 22.0. The molecule has 8 atom stereocenters. The zero-order valence-corrected chi connectivity index (χ0v) is 36.4. The van der Waals surface area contributed by atoms with E-state index in [1.165, 1.54) is 12.8 Å². The van der Waals surface area contributed by atoms with Crippen molar-refractivity contribution >= 4 is 11.9 Å². The van der Waals surface area contributed by atoms with Crippen molar-refractivity contribution in [1.29, 1.82) is 0 Å². The molecule has 0 saturated carbocycles. The van der Waals surface area contributed by atoms with Gasteiger partial charge in [0.1, 0.15) is 0 Å². The Morgan fingerprint density at radius 2 is 0.939 bits per heavy atom. The van der Waals surface area contributed by atoms with Gasteiger partial charge >= 0.3 is 11.9 Å². The van der Waals surface area contributed by atoms with E-state index < -0.39 is 17.3 Å². The molecule has 0 rings (SSSR count). The van der Waals surface area contributed by atoms with E-state index in [4.69, 9.17) is 4.74 Å². The van der Waals surface area contributed by atoms with Gasteiger partial charge in [-0.3, -0.25) is 9.59 Å². The molecule has 4 nitrogen and oxygen atoms in total. The fourth-order valence-electron chi connectivity index (χ4n) is 9.08. The van der Waals surface area contributed by atoms with Gasteiger partial charge in [-0.2, -0.15) is 0 Å². The highest BCUT2D eigenvalue weighted by Crippen LogP contribution is 2.45. The average Bonchev–Trinajstić information content (AvgIpc) is 2.88. The Hall–Kier alpha value is -1.06. The summed E-state index contributed by atoms with van der Waals surface area (Å²) in [5.41, 5.74) is 0.147. The molecule has 49 heavy (non-hydrogen) atoms. The van der Waals surface area contributed by atoms with Crippen LogP contribution >= 0.6 is 0 Å². The van der Waals surface area contributed by atoms with E-state index in [0.717, 1.165) is 38.5 Å². The minimum Gasteiger partial charge on any atom is -0.481 e. The summed E-state index contributed by atoms with van der Waals surface area (Å²) in [7, 11) is 0. The molecule has 0 spiro atoms. The Bertz CT molecular complexity index is 939. The molecule has 0 aromatic heterocycles. The van der Waals surface area contributed by atoms with E-state index in [1.807, 2.05) is 6.92 Å². The molecule has 0 aromatic carbocycles. The number of carboxylic acid groups (broad SMARTS) is 1. The first kappa shape index (κ1) is 47.9. The highest BCUT2D eigenvalue weighted by atomic mass is 16.5. The normalized spacial score (nSPS) is 18.9. The van der Waals surface area contributed by atoms with Crippen molar-refractivity contribution in [3.05, 3.63) is 0 Å². The van der Waals surface area contributed by atoms with Crippen LogP contribution in [0.5, 0.6) is 0 Å². The number of rotatable bonds is 22. The fourth-order valence-corrected chi connectivity index (χ4v) is 9.08. The number of hydrogen-bond donors (Lipinski definition) is 1. The molecule has 0 bridgehead atoms. The summed E-state index contributed by atoms with van der Waals surface area (Å²) in [6.07, 6.45) is 11.1. The SMILES string of the molecule is CCC(CC(CC)(CC(CCC(C)CC(C)(C)C)C(C)CC(C)(C)C)C(=O)OCC(CCC(C)CC(C)(C)C)C(C)CC(C)(C)C)C(=O)O. The lowest BCUT2D eigenvalue weighted by molar-refractivity contribution is -0.163. The number of carbonyl (C=O) groups excluding carboxylic acids is 1. The Balaban J connectivity index is 6.57. The Labute approximate surface area is 307 Å². The maximum Gasteiger partial charge on any atom is 0.312 e. The molecule has 0 aromatic rings. The topological polar surface area (TPSA) is 63.6 Å². The highest BCUT2D eigenvalue weighted by Gasteiger charge is 2.45. The molecular formula is C45H88O4. The van der Waals surface area contributed by atoms with Gasteiger partial charge in [-0.15, -0.1) is 0 Å². The summed E-state index contributed by atoms with van der Waals surface area (Å²) in [5.74, 6) is 1.18. The van der Waals surface area contributed by atoms with Crippen molar-refractivity contribution in [2.75, 3.05) is 6.61 Å². The number of carboxylic acids is 1. The van der Waals surface area contributed by atoms with Crippen LogP contribution < -0.4 is 0 Å². The highest BCUT2D eigenvalue weighted by molar-refractivity contribution is 5.78. The summed E-state index contributed by atoms with van der Waals surface area (Å²) in [6, 6.07) is 0. The third kappa shape index (κ3) is 21.2. The predicted octanol–water partition coefficient (Wildman–Crippen LogP) is 13.9. The van der Waals surface area contributed by atoms with Gasteiger partial charge in [0.25, 0.3) is 0 Å². The number of esters is 1. The van der Waals surface area contributed by atoms with Gasteiger partial charge < -0.3 is 9.84 Å². The van der Waals surface area contributed by atoms with E-state index in [-0.39, 0.29) is 28.1 Å². The lowest BCUT2D eigenvalue weighted by atomic mass is 9.65. The molecule has 0 radical (unpaired) electrons. The lowest BCUT2D eigenvalue weighted by Crippen LogP contribution is -2.40. The number of hydrogen-bond acceptors (Lipinski definition) is 3. The summed E-state index contributed by atoms with van der Waals surface area (Å²) in [4.78, 5) is 27.1. The quantitative estimate of drug-likeness (QED) is 0.115. The predicted molar refractivity (Wildman–Crippen MR) is 213 cm³/mol.